The SMILES string of the molecule is COc1ccc(NC(=O)[C@@H]2CCCN(C(=O)c3ccc(OC)c4ccccc34)C2)cc1. The van der Waals surface area contributed by atoms with Gasteiger partial charge in [-0.3, -0.25) is 9.59 Å². The molecule has 1 saturated heterocycles. The molecule has 6 nitrogen and oxygen atoms in total. The molecule has 0 spiro atoms. The van der Waals surface area contributed by atoms with E-state index in [0.29, 0.717) is 18.7 Å². The van der Waals surface area contributed by atoms with Gasteiger partial charge in [0, 0.05) is 29.7 Å². The lowest BCUT2D eigenvalue weighted by molar-refractivity contribution is -0.121. The van der Waals surface area contributed by atoms with Crippen LogP contribution in [0.5, 0.6) is 11.5 Å². The van der Waals surface area contributed by atoms with Gasteiger partial charge in [-0.05, 0) is 54.6 Å². The molecule has 0 saturated carbocycles. The van der Waals surface area contributed by atoms with E-state index < -0.39 is 0 Å². The molecule has 3 aromatic rings. The van der Waals surface area contributed by atoms with Crippen molar-refractivity contribution in [2.24, 2.45) is 5.92 Å². The molecule has 2 amide bonds. The smallest absolute Gasteiger partial charge is 0.254 e. The molecular formula is C25H26N2O4. The highest BCUT2D eigenvalue weighted by Crippen LogP contribution is 2.30. The molecule has 0 radical (unpaired) electrons. The van der Waals surface area contributed by atoms with E-state index in [1.807, 2.05) is 48.5 Å². The Labute approximate surface area is 181 Å². The second kappa shape index (κ2) is 9.08. The fraction of sp³-hybridized carbons (Fsp3) is 0.280. The van der Waals surface area contributed by atoms with Crippen molar-refractivity contribution in [1.29, 1.82) is 0 Å². The minimum absolute atomic E-state index is 0.0548. The highest BCUT2D eigenvalue weighted by Gasteiger charge is 2.29. The molecule has 0 bridgehead atoms. The van der Waals surface area contributed by atoms with Crippen LogP contribution in [0.25, 0.3) is 10.8 Å². The molecule has 3 aromatic carbocycles. The van der Waals surface area contributed by atoms with E-state index in [4.69, 9.17) is 9.47 Å². The van der Waals surface area contributed by atoms with E-state index in [0.717, 1.165) is 40.8 Å². The van der Waals surface area contributed by atoms with Crippen molar-refractivity contribution >= 4 is 28.3 Å². The van der Waals surface area contributed by atoms with E-state index in [-0.39, 0.29) is 17.7 Å². The molecule has 0 aliphatic carbocycles. The number of nitrogens with zero attached hydrogens (tertiary/aromatic N) is 1. The molecular weight excluding hydrogens is 392 g/mol. The highest BCUT2D eigenvalue weighted by atomic mass is 16.5. The van der Waals surface area contributed by atoms with E-state index in [2.05, 4.69) is 5.32 Å². The molecule has 31 heavy (non-hydrogen) atoms. The fourth-order valence-corrected chi connectivity index (χ4v) is 4.10. The van der Waals surface area contributed by atoms with Crippen LogP contribution in [0, 0.1) is 5.92 Å². The van der Waals surface area contributed by atoms with Crippen molar-refractivity contribution in [3.63, 3.8) is 0 Å². The predicted molar refractivity (Wildman–Crippen MR) is 121 cm³/mol. The Morgan fingerprint density at radius 3 is 2.39 bits per heavy atom. The number of benzene rings is 3. The molecule has 1 N–H and O–H groups in total. The van der Waals surface area contributed by atoms with Crippen molar-refractivity contribution in [3.8, 4) is 11.5 Å². The van der Waals surface area contributed by atoms with Gasteiger partial charge >= 0.3 is 0 Å². The number of nitrogens with one attached hydrogen (secondary N) is 1. The van der Waals surface area contributed by atoms with Crippen LogP contribution in [0.1, 0.15) is 23.2 Å². The molecule has 1 aliphatic rings. The summed E-state index contributed by atoms with van der Waals surface area (Å²) in [7, 11) is 3.23. The van der Waals surface area contributed by atoms with E-state index >= 15 is 0 Å². The van der Waals surface area contributed by atoms with Crippen molar-refractivity contribution in [2.75, 3.05) is 32.6 Å². The van der Waals surface area contributed by atoms with Crippen molar-refractivity contribution in [2.45, 2.75) is 12.8 Å². The Morgan fingerprint density at radius 1 is 0.935 bits per heavy atom. The van der Waals surface area contributed by atoms with Gasteiger partial charge < -0.3 is 19.7 Å². The van der Waals surface area contributed by atoms with E-state index in [1.54, 1.807) is 31.3 Å². The van der Waals surface area contributed by atoms with Crippen LogP contribution < -0.4 is 14.8 Å². The molecule has 0 aromatic heterocycles. The highest BCUT2D eigenvalue weighted by molar-refractivity contribution is 6.08. The summed E-state index contributed by atoms with van der Waals surface area (Å²) in [6.45, 7) is 1.05. The van der Waals surface area contributed by atoms with Crippen LogP contribution in [0.2, 0.25) is 0 Å². The first-order chi connectivity index (χ1) is 15.1. The summed E-state index contributed by atoms with van der Waals surface area (Å²) in [5.74, 6) is 1.11. The van der Waals surface area contributed by atoms with Gasteiger partial charge in [0.15, 0.2) is 0 Å². The molecule has 1 heterocycles. The minimum atomic E-state index is -0.246. The summed E-state index contributed by atoms with van der Waals surface area (Å²) in [5, 5.41) is 4.72. The number of hydrogen-bond acceptors (Lipinski definition) is 4. The maximum Gasteiger partial charge on any atom is 0.254 e. The Morgan fingerprint density at radius 2 is 1.68 bits per heavy atom. The summed E-state index contributed by atoms with van der Waals surface area (Å²) in [6, 6.07) is 18.6. The standard InChI is InChI=1S/C25H26N2O4/c1-30-19-11-9-18(10-12-19)26-24(28)17-6-5-15-27(16-17)25(29)22-13-14-23(31-2)21-8-4-3-7-20(21)22/h3-4,7-14,17H,5-6,15-16H2,1-2H3,(H,26,28)/t17-/m1/s1. The lowest BCUT2D eigenvalue weighted by Gasteiger charge is -2.32. The number of fused-ring (bicyclic) bond motifs is 1. The topological polar surface area (TPSA) is 67.9 Å². The summed E-state index contributed by atoms with van der Waals surface area (Å²) in [4.78, 5) is 28.0. The van der Waals surface area contributed by atoms with Crippen LogP contribution in [0.3, 0.4) is 0 Å². The van der Waals surface area contributed by atoms with E-state index in [9.17, 15) is 9.59 Å². The maximum atomic E-state index is 13.3. The van der Waals surface area contributed by atoms with Crippen molar-refractivity contribution in [3.05, 3.63) is 66.2 Å². The minimum Gasteiger partial charge on any atom is -0.497 e. The number of carbonyl (C=O) groups is 2. The Balaban J connectivity index is 1.50. The number of hydrogen-bond donors (Lipinski definition) is 1. The van der Waals surface area contributed by atoms with Gasteiger partial charge in [0.05, 0.1) is 20.1 Å². The normalized spacial score (nSPS) is 16.1. The molecule has 6 heteroatoms. The van der Waals surface area contributed by atoms with Gasteiger partial charge in [-0.15, -0.1) is 0 Å². The molecule has 1 fully saturated rings. The summed E-state index contributed by atoms with van der Waals surface area (Å²) in [5.41, 5.74) is 1.35. The first kappa shape index (κ1) is 20.7. The Hall–Kier alpha value is -3.54. The molecule has 1 aliphatic heterocycles. The maximum absolute atomic E-state index is 13.3. The third-order valence-electron chi connectivity index (χ3n) is 5.77. The zero-order valence-electron chi connectivity index (χ0n) is 17.8. The second-order valence-corrected chi connectivity index (χ2v) is 7.67. The lowest BCUT2D eigenvalue weighted by atomic mass is 9.95. The monoisotopic (exact) mass is 418 g/mol. The van der Waals surface area contributed by atoms with Gasteiger partial charge in [-0.25, -0.2) is 0 Å². The number of rotatable bonds is 5. The van der Waals surface area contributed by atoms with Crippen LogP contribution in [0.4, 0.5) is 5.69 Å². The summed E-state index contributed by atoms with van der Waals surface area (Å²) >= 11 is 0. The number of likely N-dealkylation sites (tertiary alicyclic amines) is 1. The summed E-state index contributed by atoms with van der Waals surface area (Å²) < 4.78 is 10.6. The Bertz CT molecular complexity index is 1090. The molecule has 4 rings (SSSR count). The van der Waals surface area contributed by atoms with Crippen LogP contribution in [0.15, 0.2) is 60.7 Å². The van der Waals surface area contributed by atoms with Gasteiger partial charge in [-0.2, -0.15) is 0 Å². The predicted octanol–water partition coefficient (Wildman–Crippen LogP) is 4.35. The average molecular weight is 418 g/mol. The van der Waals surface area contributed by atoms with Gasteiger partial charge in [-0.1, -0.05) is 24.3 Å². The van der Waals surface area contributed by atoms with Crippen LogP contribution in [-0.4, -0.2) is 44.0 Å². The summed E-state index contributed by atoms with van der Waals surface area (Å²) in [6.07, 6.45) is 1.55. The lowest BCUT2D eigenvalue weighted by Crippen LogP contribution is -2.43. The molecule has 160 valence electrons. The fourth-order valence-electron chi connectivity index (χ4n) is 4.10. The number of anilines is 1. The number of ether oxygens (including phenoxy) is 2. The quantitative estimate of drug-likeness (QED) is 0.669. The number of methoxy groups -OCH3 is 2. The zero-order chi connectivity index (χ0) is 21.8. The first-order valence-electron chi connectivity index (χ1n) is 10.4. The third-order valence-corrected chi connectivity index (χ3v) is 5.77. The molecule has 0 unspecified atom stereocenters. The van der Waals surface area contributed by atoms with Crippen LogP contribution in [-0.2, 0) is 4.79 Å². The second-order valence-electron chi connectivity index (χ2n) is 7.67. The average Bonchev–Trinajstić information content (AvgIpc) is 2.83. The number of amides is 2. The van der Waals surface area contributed by atoms with Gasteiger partial charge in [0.1, 0.15) is 11.5 Å². The number of piperidine rings is 1. The molecule has 1 atom stereocenters. The van der Waals surface area contributed by atoms with Crippen molar-refractivity contribution in [1.82, 2.24) is 4.90 Å². The first-order valence-corrected chi connectivity index (χ1v) is 10.4. The third kappa shape index (κ3) is 4.33. The van der Waals surface area contributed by atoms with Crippen molar-refractivity contribution < 1.29 is 19.1 Å². The zero-order valence-corrected chi connectivity index (χ0v) is 17.8. The largest absolute Gasteiger partial charge is 0.497 e. The Kier molecular flexibility index (Phi) is 6.07. The van der Waals surface area contributed by atoms with Gasteiger partial charge in [0.25, 0.3) is 5.91 Å². The van der Waals surface area contributed by atoms with Crippen LogP contribution >= 0.6 is 0 Å². The number of carbonyl (C=O) groups excluding carboxylic acids is 2. The van der Waals surface area contributed by atoms with Gasteiger partial charge in [0.2, 0.25) is 5.91 Å². The van der Waals surface area contributed by atoms with E-state index in [1.165, 1.54) is 0 Å².